The largest absolute Gasteiger partial charge is 0.373 e. The normalized spacial score (nSPS) is 22.8. The van der Waals surface area contributed by atoms with Gasteiger partial charge in [0.25, 0.3) is 0 Å². The molecule has 0 saturated heterocycles. The van der Waals surface area contributed by atoms with Crippen molar-refractivity contribution in [3.63, 3.8) is 0 Å². The van der Waals surface area contributed by atoms with Gasteiger partial charge in [0.2, 0.25) is 0 Å². The molecule has 0 amide bonds. The molecule has 4 heteroatoms. The first kappa shape index (κ1) is 6.01. The van der Waals surface area contributed by atoms with Gasteiger partial charge in [-0.2, -0.15) is 5.90 Å². The number of hydrogen-bond donors (Lipinski definition) is 1. The topological polar surface area (TPSA) is 69.4 Å². The van der Waals surface area contributed by atoms with E-state index >= 15 is 0 Å². The number of carbonyl (C=O) groups is 1. The van der Waals surface area contributed by atoms with Crippen LogP contribution in [0.2, 0.25) is 0 Å². The minimum absolute atomic E-state index is 0.396. The molecule has 9 heavy (non-hydrogen) atoms. The lowest BCUT2D eigenvalue weighted by Crippen LogP contribution is -2.11. The first-order valence-corrected chi connectivity index (χ1v) is 2.44. The molecule has 0 aromatic carbocycles. The van der Waals surface area contributed by atoms with Gasteiger partial charge in [-0.1, -0.05) is 0 Å². The highest BCUT2D eigenvalue weighted by Crippen LogP contribution is 2.35. The molecule has 0 aromatic rings. The Morgan fingerprint density at radius 3 is 2.89 bits per heavy atom. The van der Waals surface area contributed by atoms with Crippen molar-refractivity contribution < 1.29 is 14.4 Å². The molecule has 0 spiro atoms. The minimum Gasteiger partial charge on any atom is -0.373 e. The fraction of sp³-hybridized carbons (Fsp3) is 0.400. The van der Waals surface area contributed by atoms with Gasteiger partial charge < -0.3 is 4.84 Å². The van der Waals surface area contributed by atoms with Crippen LogP contribution in [0.5, 0.6) is 0 Å². The molecule has 1 rings (SSSR count). The Kier molecular flexibility index (Phi) is 1.34. The van der Waals surface area contributed by atoms with Crippen molar-refractivity contribution in [2.45, 2.75) is 6.42 Å². The van der Waals surface area contributed by atoms with E-state index in [9.17, 15) is 9.59 Å². The van der Waals surface area contributed by atoms with E-state index in [1.165, 1.54) is 0 Å². The summed E-state index contributed by atoms with van der Waals surface area (Å²) in [5, 5.41) is 0. The molecule has 4 nitrogen and oxygen atoms in total. The highest BCUT2D eigenvalue weighted by atomic mass is 16.7. The Morgan fingerprint density at radius 2 is 2.56 bits per heavy atom. The Hall–Kier alpha value is -1.12. The molecule has 1 atom stereocenters. The highest BCUT2D eigenvalue weighted by molar-refractivity contribution is 5.85. The average molecular weight is 127 g/mol. The van der Waals surface area contributed by atoms with E-state index in [1.54, 1.807) is 5.94 Å². The molecule has 1 aliphatic carbocycles. The third-order valence-electron chi connectivity index (χ3n) is 1.22. The summed E-state index contributed by atoms with van der Waals surface area (Å²) >= 11 is 0. The Labute approximate surface area is 51.2 Å². The van der Waals surface area contributed by atoms with Crippen LogP contribution in [-0.2, 0) is 14.4 Å². The predicted molar refractivity (Wildman–Crippen MR) is 27.6 cm³/mol. The number of hydrogen-bond acceptors (Lipinski definition) is 4. The molecule has 48 valence electrons. The van der Waals surface area contributed by atoms with E-state index in [0.717, 1.165) is 0 Å². The zero-order valence-corrected chi connectivity index (χ0v) is 4.59. The molecule has 1 fully saturated rings. The van der Waals surface area contributed by atoms with Gasteiger partial charge in [0, 0.05) is 5.57 Å². The second kappa shape index (κ2) is 2.01. The monoisotopic (exact) mass is 127 g/mol. The Bertz CT molecular complexity index is 192. The van der Waals surface area contributed by atoms with Gasteiger partial charge in [0.05, 0.1) is 5.92 Å². The van der Waals surface area contributed by atoms with Crippen LogP contribution >= 0.6 is 0 Å². The van der Waals surface area contributed by atoms with Crippen molar-refractivity contribution in [1.29, 1.82) is 0 Å². The fourth-order valence-corrected chi connectivity index (χ4v) is 0.582. The molecule has 0 aromatic heterocycles. The van der Waals surface area contributed by atoms with Crippen molar-refractivity contribution in [3.8, 4) is 0 Å². The van der Waals surface area contributed by atoms with E-state index in [1.807, 2.05) is 0 Å². The summed E-state index contributed by atoms with van der Waals surface area (Å²) in [6.45, 7) is 0. The highest BCUT2D eigenvalue weighted by Gasteiger charge is 2.39. The van der Waals surface area contributed by atoms with Crippen LogP contribution < -0.4 is 5.90 Å². The van der Waals surface area contributed by atoms with Crippen LogP contribution in [0.1, 0.15) is 6.42 Å². The van der Waals surface area contributed by atoms with E-state index < -0.39 is 11.9 Å². The molecule has 0 bridgehead atoms. The molecule has 2 N–H and O–H groups in total. The summed E-state index contributed by atoms with van der Waals surface area (Å²) in [7, 11) is 0. The predicted octanol–water partition coefficient (Wildman–Crippen LogP) is -0.819. The van der Waals surface area contributed by atoms with Crippen LogP contribution in [-0.4, -0.2) is 11.9 Å². The summed E-state index contributed by atoms with van der Waals surface area (Å²) in [5.74, 6) is 5.21. The summed E-state index contributed by atoms with van der Waals surface area (Å²) in [6, 6.07) is 0. The number of carbonyl (C=O) groups excluding carboxylic acids is 2. The third-order valence-corrected chi connectivity index (χ3v) is 1.22. The molecule has 1 unspecified atom stereocenters. The SMILES string of the molecule is NOC(=O)C1CC1=C=O. The van der Waals surface area contributed by atoms with Gasteiger partial charge in [0.1, 0.15) is 5.94 Å². The third kappa shape index (κ3) is 0.988. The fourth-order valence-electron chi connectivity index (χ4n) is 0.582. The molecule has 0 radical (unpaired) electrons. The van der Waals surface area contributed by atoms with Crippen molar-refractivity contribution in [3.05, 3.63) is 5.57 Å². The average Bonchev–Trinajstić information content (AvgIpc) is 2.64. The quantitative estimate of drug-likeness (QED) is 0.369. The van der Waals surface area contributed by atoms with Gasteiger partial charge in [-0.05, 0) is 6.42 Å². The van der Waals surface area contributed by atoms with Crippen molar-refractivity contribution >= 4 is 11.9 Å². The lowest BCUT2D eigenvalue weighted by molar-refractivity contribution is -0.145. The molecular formula is C5H5NO3. The lowest BCUT2D eigenvalue weighted by atomic mass is 10.4. The van der Waals surface area contributed by atoms with Crippen molar-refractivity contribution in [1.82, 2.24) is 0 Å². The molecule has 0 aliphatic heterocycles. The van der Waals surface area contributed by atoms with Crippen molar-refractivity contribution in [2.75, 3.05) is 0 Å². The van der Waals surface area contributed by atoms with Gasteiger partial charge in [-0.15, -0.1) is 0 Å². The Balaban J connectivity index is 2.52. The van der Waals surface area contributed by atoms with Gasteiger partial charge in [-0.3, -0.25) is 0 Å². The van der Waals surface area contributed by atoms with Gasteiger partial charge in [-0.25, -0.2) is 9.59 Å². The van der Waals surface area contributed by atoms with Crippen LogP contribution in [0.25, 0.3) is 0 Å². The first-order valence-electron chi connectivity index (χ1n) is 2.44. The first-order chi connectivity index (χ1) is 4.29. The van der Waals surface area contributed by atoms with E-state index in [-0.39, 0.29) is 0 Å². The summed E-state index contributed by atoms with van der Waals surface area (Å²) < 4.78 is 0. The second-order valence-corrected chi connectivity index (χ2v) is 1.82. The van der Waals surface area contributed by atoms with Gasteiger partial charge in [0.15, 0.2) is 0 Å². The smallest absolute Gasteiger partial charge is 0.332 e. The standard InChI is InChI=1S/C5H5NO3/c6-9-5(8)4-1-3(4)2-7/h4H,1,6H2. The van der Waals surface area contributed by atoms with E-state index in [4.69, 9.17) is 0 Å². The molecular weight excluding hydrogens is 122 g/mol. The number of nitrogens with two attached hydrogens (primary N) is 1. The second-order valence-electron chi connectivity index (χ2n) is 1.82. The van der Waals surface area contributed by atoms with E-state index in [2.05, 4.69) is 10.7 Å². The molecule has 0 heterocycles. The van der Waals surface area contributed by atoms with Gasteiger partial charge >= 0.3 is 5.97 Å². The van der Waals surface area contributed by atoms with Crippen LogP contribution in [0.3, 0.4) is 0 Å². The van der Waals surface area contributed by atoms with Crippen LogP contribution in [0.4, 0.5) is 0 Å². The van der Waals surface area contributed by atoms with Crippen molar-refractivity contribution in [2.24, 2.45) is 11.8 Å². The lowest BCUT2D eigenvalue weighted by Gasteiger charge is -1.87. The van der Waals surface area contributed by atoms with Crippen LogP contribution in [0, 0.1) is 5.92 Å². The zero-order valence-electron chi connectivity index (χ0n) is 4.59. The maximum Gasteiger partial charge on any atom is 0.332 e. The summed E-state index contributed by atoms with van der Waals surface area (Å²) in [6.07, 6.45) is 0.458. The summed E-state index contributed by atoms with van der Waals surface area (Å²) in [5.41, 5.74) is 0.449. The van der Waals surface area contributed by atoms with E-state index in [0.29, 0.717) is 12.0 Å². The maximum absolute atomic E-state index is 10.4. The summed E-state index contributed by atoms with van der Waals surface area (Å²) in [4.78, 5) is 24.1. The molecule has 1 saturated carbocycles. The Morgan fingerprint density at radius 1 is 1.89 bits per heavy atom. The zero-order chi connectivity index (χ0) is 6.85. The van der Waals surface area contributed by atoms with Crippen LogP contribution in [0.15, 0.2) is 5.57 Å². The maximum atomic E-state index is 10.4. The molecule has 1 aliphatic rings. The minimum atomic E-state index is -0.548. The number of rotatable bonds is 1.